The van der Waals surface area contributed by atoms with Crippen LogP contribution >= 0.6 is 15.9 Å². The molecule has 1 aromatic carbocycles. The maximum atomic E-state index is 11.9. The van der Waals surface area contributed by atoms with E-state index in [4.69, 9.17) is 4.74 Å². The Hall–Kier alpha value is -0.960. The highest BCUT2D eigenvalue weighted by Gasteiger charge is 2.13. The number of sulfonamides is 1. The van der Waals surface area contributed by atoms with Crippen LogP contribution in [0.2, 0.25) is 0 Å². The normalized spacial score (nSPS) is 12.9. The molecule has 6 nitrogen and oxygen atoms in total. The number of amides is 1. The highest BCUT2D eigenvalue weighted by molar-refractivity contribution is 9.10. The van der Waals surface area contributed by atoms with E-state index in [1.54, 1.807) is 19.1 Å². The first-order valence-electron chi connectivity index (χ1n) is 6.36. The van der Waals surface area contributed by atoms with E-state index in [1.807, 2.05) is 0 Å². The number of ether oxygens (including phenoxy) is 1. The van der Waals surface area contributed by atoms with Crippen molar-refractivity contribution in [3.8, 4) is 0 Å². The quantitative estimate of drug-likeness (QED) is 0.522. The van der Waals surface area contributed by atoms with Gasteiger partial charge in [0.15, 0.2) is 0 Å². The summed E-state index contributed by atoms with van der Waals surface area (Å²) in [4.78, 5) is 11.3. The Morgan fingerprint density at radius 1 is 1.33 bits per heavy atom. The minimum atomic E-state index is -3.52. The topological polar surface area (TPSA) is 84.5 Å². The molecule has 1 rings (SSSR count). The van der Waals surface area contributed by atoms with E-state index in [0.29, 0.717) is 13.2 Å². The molecule has 0 saturated heterocycles. The van der Waals surface area contributed by atoms with Crippen LogP contribution in [0.1, 0.15) is 12.5 Å². The summed E-state index contributed by atoms with van der Waals surface area (Å²) in [6.45, 7) is 2.62. The van der Waals surface area contributed by atoms with Crippen molar-refractivity contribution in [1.82, 2.24) is 10.0 Å². The average molecular weight is 379 g/mol. The largest absolute Gasteiger partial charge is 0.383 e. The van der Waals surface area contributed by atoms with Crippen LogP contribution < -0.4 is 10.0 Å². The summed E-state index contributed by atoms with van der Waals surface area (Å²) in [5.41, 5.74) is 0.826. The van der Waals surface area contributed by atoms with E-state index in [2.05, 4.69) is 26.0 Å². The highest BCUT2D eigenvalue weighted by atomic mass is 79.9. The molecule has 0 saturated carbocycles. The maximum Gasteiger partial charge on any atom is 0.240 e. The molecule has 0 aromatic heterocycles. The third-order valence-corrected chi connectivity index (χ3v) is 4.55. The van der Waals surface area contributed by atoms with Gasteiger partial charge in [0.25, 0.3) is 0 Å². The molecule has 1 aromatic rings. The van der Waals surface area contributed by atoms with Gasteiger partial charge in [-0.1, -0.05) is 28.1 Å². The second kappa shape index (κ2) is 8.47. The molecule has 1 atom stereocenters. The lowest BCUT2D eigenvalue weighted by Crippen LogP contribution is -2.29. The van der Waals surface area contributed by atoms with Crippen LogP contribution in [0, 0.1) is 0 Å². The molecule has 1 unspecified atom stereocenters. The number of nitrogens with one attached hydrogen (secondary N) is 2. The summed E-state index contributed by atoms with van der Waals surface area (Å²) >= 11 is 3.17. The molecular formula is C13H19BrN2O4S. The van der Waals surface area contributed by atoms with E-state index in [9.17, 15) is 13.2 Å². The van der Waals surface area contributed by atoms with Crippen LogP contribution in [0.4, 0.5) is 0 Å². The molecule has 2 N–H and O–H groups in total. The fraction of sp³-hybridized carbons (Fsp3) is 0.462. The smallest absolute Gasteiger partial charge is 0.240 e. The van der Waals surface area contributed by atoms with Gasteiger partial charge in [-0.15, -0.1) is 0 Å². The lowest BCUT2D eigenvalue weighted by atomic mass is 10.2. The molecule has 0 bridgehead atoms. The van der Waals surface area contributed by atoms with Crippen molar-refractivity contribution in [2.24, 2.45) is 0 Å². The van der Waals surface area contributed by atoms with Crippen LogP contribution in [0.15, 0.2) is 29.2 Å². The number of methoxy groups -OCH3 is 1. The predicted molar refractivity (Wildman–Crippen MR) is 83.7 cm³/mol. The number of carbonyl (C=O) groups is 1. The first-order chi connectivity index (χ1) is 9.86. The molecule has 0 radical (unpaired) electrons. The molecule has 0 aliphatic carbocycles. The summed E-state index contributed by atoms with van der Waals surface area (Å²) in [6.07, 6.45) is 0. The fourth-order valence-electron chi connectivity index (χ4n) is 1.48. The van der Waals surface area contributed by atoms with E-state index < -0.39 is 10.0 Å². The first kappa shape index (κ1) is 18.1. The number of hydrogen-bond acceptors (Lipinski definition) is 4. The molecule has 0 aliphatic heterocycles. The Morgan fingerprint density at radius 3 is 2.48 bits per heavy atom. The lowest BCUT2D eigenvalue weighted by molar-refractivity contribution is -0.120. The van der Waals surface area contributed by atoms with Crippen LogP contribution in [0.25, 0.3) is 0 Å². The number of halogens is 1. The molecule has 0 aliphatic rings. The Labute approximate surface area is 133 Å². The third-order valence-electron chi connectivity index (χ3n) is 2.66. The van der Waals surface area contributed by atoms with Crippen molar-refractivity contribution in [2.75, 3.05) is 20.3 Å². The van der Waals surface area contributed by atoms with Gasteiger partial charge < -0.3 is 10.1 Å². The lowest BCUT2D eigenvalue weighted by Gasteiger charge is -2.09. The minimum Gasteiger partial charge on any atom is -0.383 e. The number of benzene rings is 1. The fourth-order valence-corrected chi connectivity index (χ4v) is 2.65. The second-order valence-electron chi connectivity index (χ2n) is 4.37. The molecule has 8 heteroatoms. The number of rotatable bonds is 8. The monoisotopic (exact) mass is 378 g/mol. The van der Waals surface area contributed by atoms with Crippen molar-refractivity contribution in [3.63, 3.8) is 0 Å². The Morgan fingerprint density at radius 2 is 1.95 bits per heavy atom. The zero-order chi connectivity index (χ0) is 15.9. The van der Waals surface area contributed by atoms with Gasteiger partial charge in [-0.25, -0.2) is 13.1 Å². The molecular weight excluding hydrogens is 360 g/mol. The van der Waals surface area contributed by atoms with Gasteiger partial charge in [-0.05, 0) is 24.6 Å². The Kier molecular flexibility index (Phi) is 7.30. The average Bonchev–Trinajstić information content (AvgIpc) is 2.45. The molecule has 0 heterocycles. The van der Waals surface area contributed by atoms with Crippen molar-refractivity contribution >= 4 is 31.9 Å². The molecule has 0 spiro atoms. The van der Waals surface area contributed by atoms with E-state index >= 15 is 0 Å². The summed E-state index contributed by atoms with van der Waals surface area (Å²) in [5.74, 6) is -0.118. The molecule has 118 valence electrons. The summed E-state index contributed by atoms with van der Waals surface area (Å²) in [6, 6.07) is 6.36. The molecule has 21 heavy (non-hydrogen) atoms. The van der Waals surface area contributed by atoms with Crippen LogP contribution in [0.5, 0.6) is 0 Å². The van der Waals surface area contributed by atoms with Crippen LogP contribution in [-0.2, 0) is 26.1 Å². The SMILES string of the molecule is COCCNS(=O)(=O)c1ccc(CNC(=O)C(C)Br)cc1. The van der Waals surface area contributed by atoms with Crippen molar-refractivity contribution in [3.05, 3.63) is 29.8 Å². The Bertz CT molecular complexity index is 558. The standard InChI is InChI=1S/C13H19BrN2O4S/c1-10(14)13(17)15-9-11-3-5-12(6-4-11)21(18,19)16-7-8-20-2/h3-6,10,16H,7-9H2,1-2H3,(H,15,17). The van der Waals surface area contributed by atoms with Crippen LogP contribution in [-0.4, -0.2) is 39.4 Å². The van der Waals surface area contributed by atoms with Crippen molar-refractivity contribution < 1.29 is 17.9 Å². The van der Waals surface area contributed by atoms with Gasteiger partial charge in [0.1, 0.15) is 0 Å². The van der Waals surface area contributed by atoms with E-state index in [1.165, 1.54) is 19.2 Å². The molecule has 1 amide bonds. The van der Waals surface area contributed by atoms with Crippen LogP contribution in [0.3, 0.4) is 0 Å². The summed E-state index contributed by atoms with van der Waals surface area (Å²) in [5, 5.41) is 2.73. The second-order valence-corrected chi connectivity index (χ2v) is 7.51. The number of carbonyl (C=O) groups excluding carboxylic acids is 1. The van der Waals surface area contributed by atoms with Gasteiger partial charge in [-0.3, -0.25) is 4.79 Å². The van der Waals surface area contributed by atoms with Gasteiger partial charge in [0, 0.05) is 20.2 Å². The number of alkyl halides is 1. The van der Waals surface area contributed by atoms with Crippen molar-refractivity contribution in [2.45, 2.75) is 23.2 Å². The summed E-state index contributed by atoms with van der Waals surface area (Å²) < 4.78 is 31.1. The predicted octanol–water partition coefficient (Wildman–Crippen LogP) is 1.01. The number of hydrogen-bond donors (Lipinski definition) is 2. The van der Waals surface area contributed by atoms with Crippen molar-refractivity contribution in [1.29, 1.82) is 0 Å². The maximum absolute atomic E-state index is 11.9. The van der Waals surface area contributed by atoms with Gasteiger partial charge >= 0.3 is 0 Å². The van der Waals surface area contributed by atoms with E-state index in [-0.39, 0.29) is 22.2 Å². The summed E-state index contributed by atoms with van der Waals surface area (Å²) in [7, 11) is -2.01. The molecule has 0 fully saturated rings. The van der Waals surface area contributed by atoms with Gasteiger partial charge in [-0.2, -0.15) is 0 Å². The highest BCUT2D eigenvalue weighted by Crippen LogP contribution is 2.10. The van der Waals surface area contributed by atoms with Gasteiger partial charge in [0.05, 0.1) is 16.3 Å². The van der Waals surface area contributed by atoms with E-state index in [0.717, 1.165) is 5.56 Å². The first-order valence-corrected chi connectivity index (χ1v) is 8.76. The Balaban J connectivity index is 2.63. The third kappa shape index (κ3) is 6.13. The van der Waals surface area contributed by atoms with Gasteiger partial charge in [0.2, 0.25) is 15.9 Å². The zero-order valence-electron chi connectivity index (χ0n) is 11.9. The zero-order valence-corrected chi connectivity index (χ0v) is 14.3. The minimum absolute atomic E-state index is 0.118.